The molecular formula is C13H20N2. The van der Waals surface area contributed by atoms with Gasteiger partial charge in [-0.2, -0.15) is 0 Å². The Hall–Kier alpha value is -1.02. The van der Waals surface area contributed by atoms with Gasteiger partial charge in [-0.3, -0.25) is 0 Å². The Bertz CT molecular complexity index is 322. The summed E-state index contributed by atoms with van der Waals surface area (Å²) in [5, 5.41) is 0. The zero-order valence-corrected chi connectivity index (χ0v) is 9.45. The van der Waals surface area contributed by atoms with Crippen LogP contribution >= 0.6 is 0 Å². The maximum Gasteiger partial charge on any atom is 0.0316 e. The summed E-state index contributed by atoms with van der Waals surface area (Å²) < 4.78 is 0. The van der Waals surface area contributed by atoms with Crippen molar-refractivity contribution in [3.8, 4) is 0 Å². The standard InChI is InChI=1S/C13H20N2/c1-15-9-3-6-13(15)8-7-11-4-2-5-12(14)10-11/h2,4-5,10,13H,3,6-9,14H2,1H3. The average Bonchev–Trinajstić information content (AvgIpc) is 2.61. The predicted molar refractivity (Wildman–Crippen MR) is 64.8 cm³/mol. The summed E-state index contributed by atoms with van der Waals surface area (Å²) in [6, 6.07) is 9.04. The van der Waals surface area contributed by atoms with Crippen molar-refractivity contribution in [3.63, 3.8) is 0 Å². The number of hydrogen-bond acceptors (Lipinski definition) is 2. The summed E-state index contributed by atoms with van der Waals surface area (Å²) >= 11 is 0. The largest absolute Gasteiger partial charge is 0.399 e. The molecule has 0 saturated carbocycles. The lowest BCUT2D eigenvalue weighted by Gasteiger charge is -2.19. The molecule has 2 rings (SSSR count). The smallest absolute Gasteiger partial charge is 0.0316 e. The van der Waals surface area contributed by atoms with Gasteiger partial charge >= 0.3 is 0 Å². The number of benzene rings is 1. The number of nitrogens with zero attached hydrogens (tertiary/aromatic N) is 1. The molecule has 1 aromatic rings. The molecule has 1 unspecified atom stereocenters. The van der Waals surface area contributed by atoms with Crippen molar-refractivity contribution in [3.05, 3.63) is 29.8 Å². The molecule has 15 heavy (non-hydrogen) atoms. The molecule has 1 aliphatic rings. The van der Waals surface area contributed by atoms with Crippen LogP contribution in [0, 0.1) is 0 Å². The van der Waals surface area contributed by atoms with Gasteiger partial charge in [0.25, 0.3) is 0 Å². The summed E-state index contributed by atoms with van der Waals surface area (Å²) in [7, 11) is 2.23. The summed E-state index contributed by atoms with van der Waals surface area (Å²) in [6.45, 7) is 1.27. The van der Waals surface area contributed by atoms with E-state index in [1.807, 2.05) is 12.1 Å². The fourth-order valence-corrected chi connectivity index (χ4v) is 2.43. The summed E-state index contributed by atoms with van der Waals surface area (Å²) in [5.41, 5.74) is 8.01. The molecule has 2 heteroatoms. The maximum absolute atomic E-state index is 5.76. The molecule has 1 atom stereocenters. The van der Waals surface area contributed by atoms with E-state index in [4.69, 9.17) is 5.73 Å². The van der Waals surface area contributed by atoms with Crippen molar-refractivity contribution in [2.75, 3.05) is 19.3 Å². The normalized spacial score (nSPS) is 22.1. The van der Waals surface area contributed by atoms with E-state index in [-0.39, 0.29) is 0 Å². The summed E-state index contributed by atoms with van der Waals surface area (Å²) in [5.74, 6) is 0. The minimum absolute atomic E-state index is 0.784. The van der Waals surface area contributed by atoms with Crippen LogP contribution in [0.1, 0.15) is 24.8 Å². The zero-order chi connectivity index (χ0) is 10.7. The highest BCUT2D eigenvalue weighted by Gasteiger charge is 2.19. The van der Waals surface area contributed by atoms with E-state index in [1.165, 1.54) is 31.4 Å². The minimum Gasteiger partial charge on any atom is -0.399 e. The maximum atomic E-state index is 5.76. The zero-order valence-electron chi connectivity index (χ0n) is 9.45. The third-order valence-corrected chi connectivity index (χ3v) is 3.39. The van der Waals surface area contributed by atoms with E-state index in [2.05, 4.69) is 24.1 Å². The first-order chi connectivity index (χ1) is 7.25. The monoisotopic (exact) mass is 204 g/mol. The highest BCUT2D eigenvalue weighted by Crippen LogP contribution is 2.20. The van der Waals surface area contributed by atoms with Gasteiger partial charge in [-0.25, -0.2) is 0 Å². The Kier molecular flexibility index (Phi) is 3.27. The average molecular weight is 204 g/mol. The Morgan fingerprint density at radius 2 is 2.33 bits per heavy atom. The van der Waals surface area contributed by atoms with Gasteiger partial charge in [-0.1, -0.05) is 12.1 Å². The summed E-state index contributed by atoms with van der Waals surface area (Å²) in [4.78, 5) is 2.48. The third kappa shape index (κ3) is 2.72. The van der Waals surface area contributed by atoms with Crippen LogP contribution in [0.15, 0.2) is 24.3 Å². The van der Waals surface area contributed by atoms with Crippen LogP contribution in [-0.2, 0) is 6.42 Å². The van der Waals surface area contributed by atoms with Crippen LogP contribution in [0.2, 0.25) is 0 Å². The van der Waals surface area contributed by atoms with E-state index in [1.54, 1.807) is 0 Å². The first-order valence-corrected chi connectivity index (χ1v) is 5.80. The molecule has 82 valence electrons. The molecule has 1 aromatic carbocycles. The second-order valence-corrected chi connectivity index (χ2v) is 4.56. The van der Waals surface area contributed by atoms with Crippen molar-refractivity contribution in [2.24, 2.45) is 0 Å². The van der Waals surface area contributed by atoms with Crippen molar-refractivity contribution < 1.29 is 0 Å². The van der Waals surface area contributed by atoms with Crippen molar-refractivity contribution >= 4 is 5.69 Å². The molecule has 0 aliphatic carbocycles. The first-order valence-electron chi connectivity index (χ1n) is 5.80. The Balaban J connectivity index is 1.87. The lowest BCUT2D eigenvalue weighted by molar-refractivity contribution is 0.296. The molecule has 2 N–H and O–H groups in total. The van der Waals surface area contributed by atoms with Gasteiger partial charge in [0.1, 0.15) is 0 Å². The molecular weight excluding hydrogens is 184 g/mol. The van der Waals surface area contributed by atoms with Gasteiger partial charge in [0, 0.05) is 11.7 Å². The van der Waals surface area contributed by atoms with Crippen molar-refractivity contribution in [1.82, 2.24) is 4.90 Å². The molecule has 0 spiro atoms. The Labute approximate surface area is 92.1 Å². The van der Waals surface area contributed by atoms with Crippen LogP contribution in [-0.4, -0.2) is 24.5 Å². The SMILES string of the molecule is CN1CCCC1CCc1cccc(N)c1. The Morgan fingerprint density at radius 1 is 1.47 bits per heavy atom. The predicted octanol–water partition coefficient (Wildman–Crippen LogP) is 2.30. The molecule has 0 radical (unpaired) electrons. The quantitative estimate of drug-likeness (QED) is 0.765. The first kappa shape index (κ1) is 10.5. The van der Waals surface area contributed by atoms with E-state index >= 15 is 0 Å². The molecule has 0 amide bonds. The number of likely N-dealkylation sites (tertiary alicyclic amines) is 1. The fraction of sp³-hybridized carbons (Fsp3) is 0.538. The van der Waals surface area contributed by atoms with E-state index in [9.17, 15) is 0 Å². The van der Waals surface area contributed by atoms with Gasteiger partial charge in [0.05, 0.1) is 0 Å². The van der Waals surface area contributed by atoms with Crippen LogP contribution in [0.4, 0.5) is 5.69 Å². The van der Waals surface area contributed by atoms with Gasteiger partial charge < -0.3 is 10.6 Å². The third-order valence-electron chi connectivity index (χ3n) is 3.39. The Morgan fingerprint density at radius 3 is 3.00 bits per heavy atom. The molecule has 0 bridgehead atoms. The van der Waals surface area contributed by atoms with Crippen LogP contribution in [0.25, 0.3) is 0 Å². The highest BCUT2D eigenvalue weighted by atomic mass is 15.1. The fourth-order valence-electron chi connectivity index (χ4n) is 2.43. The number of anilines is 1. The second-order valence-electron chi connectivity index (χ2n) is 4.56. The van der Waals surface area contributed by atoms with Crippen LogP contribution in [0.5, 0.6) is 0 Å². The van der Waals surface area contributed by atoms with Gasteiger partial charge in [-0.15, -0.1) is 0 Å². The van der Waals surface area contributed by atoms with Gasteiger partial charge in [-0.05, 0) is 57.0 Å². The van der Waals surface area contributed by atoms with Crippen molar-refractivity contribution in [2.45, 2.75) is 31.7 Å². The van der Waals surface area contributed by atoms with Gasteiger partial charge in [0.15, 0.2) is 0 Å². The minimum atomic E-state index is 0.784. The van der Waals surface area contributed by atoms with E-state index in [0.717, 1.165) is 18.2 Å². The molecule has 1 heterocycles. The number of nitrogens with two attached hydrogens (primary N) is 1. The van der Waals surface area contributed by atoms with E-state index < -0.39 is 0 Å². The lowest BCUT2D eigenvalue weighted by Crippen LogP contribution is -2.25. The molecule has 1 fully saturated rings. The molecule has 1 saturated heterocycles. The van der Waals surface area contributed by atoms with Crippen molar-refractivity contribution in [1.29, 1.82) is 0 Å². The van der Waals surface area contributed by atoms with Crippen LogP contribution < -0.4 is 5.73 Å². The highest BCUT2D eigenvalue weighted by molar-refractivity contribution is 5.40. The lowest BCUT2D eigenvalue weighted by atomic mass is 10.0. The van der Waals surface area contributed by atoms with E-state index in [0.29, 0.717) is 0 Å². The molecule has 2 nitrogen and oxygen atoms in total. The van der Waals surface area contributed by atoms with Crippen LogP contribution in [0.3, 0.4) is 0 Å². The number of hydrogen-bond donors (Lipinski definition) is 1. The topological polar surface area (TPSA) is 29.3 Å². The number of rotatable bonds is 3. The summed E-state index contributed by atoms with van der Waals surface area (Å²) in [6.07, 6.45) is 5.14. The molecule has 0 aromatic heterocycles. The number of aryl methyl sites for hydroxylation is 1. The second kappa shape index (κ2) is 4.67. The number of nitrogen functional groups attached to an aromatic ring is 1. The van der Waals surface area contributed by atoms with Gasteiger partial charge in [0.2, 0.25) is 0 Å². The molecule has 1 aliphatic heterocycles.